The average Bonchev–Trinajstić information content (AvgIpc) is 2.38. The van der Waals surface area contributed by atoms with Crippen molar-refractivity contribution in [2.45, 2.75) is 26.7 Å². The molecule has 0 unspecified atom stereocenters. The minimum absolute atomic E-state index is 0.0524. The molecule has 0 bridgehead atoms. The van der Waals surface area contributed by atoms with Crippen molar-refractivity contribution < 1.29 is 9.53 Å². The molecule has 0 saturated carbocycles. The second-order valence-electron chi connectivity index (χ2n) is 4.03. The second-order valence-corrected chi connectivity index (χ2v) is 4.03. The van der Waals surface area contributed by atoms with Crippen LogP contribution in [-0.4, -0.2) is 25.6 Å². The molecule has 0 fully saturated rings. The maximum atomic E-state index is 11.6. The molecule has 4 nitrogen and oxygen atoms in total. The molecule has 0 heterocycles. The molecule has 0 atom stereocenters. The molecule has 1 aromatic carbocycles. The van der Waals surface area contributed by atoms with E-state index in [1.54, 1.807) is 0 Å². The van der Waals surface area contributed by atoms with Crippen LogP contribution in [0.5, 0.6) is 5.75 Å². The molecule has 0 aliphatic carbocycles. The van der Waals surface area contributed by atoms with Crippen LogP contribution in [0.1, 0.15) is 26.7 Å². The van der Waals surface area contributed by atoms with Crippen molar-refractivity contribution >= 4 is 11.6 Å². The number of carbonyl (C=O) groups excluding carboxylic acids is 1. The highest BCUT2D eigenvalue weighted by molar-refractivity contribution is 5.93. The standard InChI is InChI=1S/C14H22N2O2/c1-3-5-10-18-13-9-7-6-8-12(13)16-14(17)11-15-4-2/h6-9,15H,3-5,10-11H2,1-2H3,(H,16,17). The second kappa shape index (κ2) is 8.53. The first-order chi connectivity index (χ1) is 8.77. The van der Waals surface area contributed by atoms with Gasteiger partial charge in [0.2, 0.25) is 5.91 Å². The average molecular weight is 250 g/mol. The molecule has 0 aromatic heterocycles. The predicted octanol–water partition coefficient (Wildman–Crippen LogP) is 2.41. The van der Waals surface area contributed by atoms with E-state index >= 15 is 0 Å². The fraction of sp³-hybridized carbons (Fsp3) is 0.500. The van der Waals surface area contributed by atoms with Gasteiger partial charge in [-0.15, -0.1) is 0 Å². The van der Waals surface area contributed by atoms with Crippen LogP contribution in [-0.2, 0) is 4.79 Å². The number of carbonyl (C=O) groups is 1. The summed E-state index contributed by atoms with van der Waals surface area (Å²) in [6.45, 7) is 5.86. The third-order valence-electron chi connectivity index (χ3n) is 2.45. The Hall–Kier alpha value is -1.55. The van der Waals surface area contributed by atoms with Crippen LogP contribution in [0.2, 0.25) is 0 Å². The molecule has 0 aliphatic rings. The molecular weight excluding hydrogens is 228 g/mol. The fourth-order valence-corrected chi connectivity index (χ4v) is 1.46. The topological polar surface area (TPSA) is 50.4 Å². The number of amides is 1. The van der Waals surface area contributed by atoms with E-state index in [2.05, 4.69) is 17.6 Å². The van der Waals surface area contributed by atoms with Gasteiger partial charge in [-0.05, 0) is 25.1 Å². The van der Waals surface area contributed by atoms with Crippen molar-refractivity contribution in [3.63, 3.8) is 0 Å². The summed E-state index contributed by atoms with van der Waals surface area (Å²) in [6, 6.07) is 7.51. The lowest BCUT2D eigenvalue weighted by Gasteiger charge is -2.12. The van der Waals surface area contributed by atoms with E-state index in [9.17, 15) is 4.79 Å². The summed E-state index contributed by atoms with van der Waals surface area (Å²) >= 11 is 0. The van der Waals surface area contributed by atoms with Gasteiger partial charge in [0.1, 0.15) is 5.75 Å². The number of rotatable bonds is 8. The Balaban J connectivity index is 2.55. The van der Waals surface area contributed by atoms with Gasteiger partial charge in [-0.25, -0.2) is 0 Å². The van der Waals surface area contributed by atoms with Crippen LogP contribution in [0.25, 0.3) is 0 Å². The Morgan fingerprint density at radius 3 is 2.78 bits per heavy atom. The van der Waals surface area contributed by atoms with Gasteiger partial charge in [0.25, 0.3) is 0 Å². The van der Waals surface area contributed by atoms with E-state index in [-0.39, 0.29) is 5.91 Å². The summed E-state index contributed by atoms with van der Waals surface area (Å²) in [4.78, 5) is 11.6. The highest BCUT2D eigenvalue weighted by Gasteiger charge is 2.06. The summed E-state index contributed by atoms with van der Waals surface area (Å²) in [7, 11) is 0. The quantitative estimate of drug-likeness (QED) is 0.697. The molecule has 0 radical (unpaired) electrons. The molecule has 18 heavy (non-hydrogen) atoms. The van der Waals surface area contributed by atoms with E-state index < -0.39 is 0 Å². The number of hydrogen-bond donors (Lipinski definition) is 2. The Morgan fingerprint density at radius 1 is 1.28 bits per heavy atom. The van der Waals surface area contributed by atoms with Crippen molar-refractivity contribution in [2.75, 3.05) is 25.0 Å². The maximum absolute atomic E-state index is 11.6. The van der Waals surface area contributed by atoms with Gasteiger partial charge in [-0.2, -0.15) is 0 Å². The van der Waals surface area contributed by atoms with Crippen LogP contribution in [0.3, 0.4) is 0 Å². The Morgan fingerprint density at radius 2 is 2.06 bits per heavy atom. The van der Waals surface area contributed by atoms with E-state index in [4.69, 9.17) is 4.74 Å². The zero-order valence-corrected chi connectivity index (χ0v) is 11.2. The lowest BCUT2D eigenvalue weighted by molar-refractivity contribution is -0.115. The lowest BCUT2D eigenvalue weighted by Crippen LogP contribution is -2.27. The number of hydrogen-bond acceptors (Lipinski definition) is 3. The first-order valence-corrected chi connectivity index (χ1v) is 6.50. The van der Waals surface area contributed by atoms with Gasteiger partial charge in [0.05, 0.1) is 18.8 Å². The Kier molecular flexibility index (Phi) is 6.87. The Labute approximate surface area is 109 Å². The number of likely N-dealkylation sites (N-methyl/N-ethyl adjacent to an activating group) is 1. The van der Waals surface area contributed by atoms with Gasteiger partial charge in [-0.1, -0.05) is 32.4 Å². The van der Waals surface area contributed by atoms with Crippen LogP contribution in [0.4, 0.5) is 5.69 Å². The zero-order chi connectivity index (χ0) is 13.2. The number of nitrogens with one attached hydrogen (secondary N) is 2. The number of benzene rings is 1. The molecule has 0 aliphatic heterocycles. The lowest BCUT2D eigenvalue weighted by atomic mass is 10.3. The third-order valence-corrected chi connectivity index (χ3v) is 2.45. The fourth-order valence-electron chi connectivity index (χ4n) is 1.46. The minimum Gasteiger partial charge on any atom is -0.491 e. The molecule has 0 spiro atoms. The first-order valence-electron chi connectivity index (χ1n) is 6.50. The molecule has 100 valence electrons. The van der Waals surface area contributed by atoms with E-state index in [0.29, 0.717) is 13.2 Å². The largest absolute Gasteiger partial charge is 0.491 e. The molecular formula is C14H22N2O2. The molecule has 1 rings (SSSR count). The number of ether oxygens (including phenoxy) is 1. The summed E-state index contributed by atoms with van der Waals surface area (Å²) in [5, 5.41) is 5.83. The monoisotopic (exact) mass is 250 g/mol. The summed E-state index contributed by atoms with van der Waals surface area (Å²) in [5.41, 5.74) is 0.733. The van der Waals surface area contributed by atoms with Crippen molar-refractivity contribution in [3.8, 4) is 5.75 Å². The molecule has 4 heteroatoms. The van der Waals surface area contributed by atoms with E-state index in [0.717, 1.165) is 30.8 Å². The molecule has 2 N–H and O–H groups in total. The highest BCUT2D eigenvalue weighted by Crippen LogP contribution is 2.23. The first kappa shape index (κ1) is 14.5. The zero-order valence-electron chi connectivity index (χ0n) is 11.2. The van der Waals surface area contributed by atoms with Gasteiger partial charge in [0.15, 0.2) is 0 Å². The predicted molar refractivity (Wildman–Crippen MR) is 74.0 cm³/mol. The van der Waals surface area contributed by atoms with E-state index in [1.807, 2.05) is 31.2 Å². The molecule has 0 saturated heterocycles. The number of anilines is 1. The highest BCUT2D eigenvalue weighted by atomic mass is 16.5. The Bertz CT molecular complexity index is 367. The summed E-state index contributed by atoms with van der Waals surface area (Å²) < 4.78 is 5.65. The van der Waals surface area contributed by atoms with Crippen LogP contribution in [0, 0.1) is 0 Å². The number of unbranched alkanes of at least 4 members (excludes halogenated alkanes) is 1. The van der Waals surface area contributed by atoms with Gasteiger partial charge >= 0.3 is 0 Å². The minimum atomic E-state index is -0.0524. The molecule has 1 amide bonds. The van der Waals surface area contributed by atoms with Crippen molar-refractivity contribution in [3.05, 3.63) is 24.3 Å². The maximum Gasteiger partial charge on any atom is 0.238 e. The SMILES string of the molecule is CCCCOc1ccccc1NC(=O)CNCC. The van der Waals surface area contributed by atoms with Crippen LogP contribution >= 0.6 is 0 Å². The van der Waals surface area contributed by atoms with Crippen LogP contribution < -0.4 is 15.4 Å². The smallest absolute Gasteiger partial charge is 0.238 e. The molecule has 1 aromatic rings. The van der Waals surface area contributed by atoms with Crippen molar-refractivity contribution in [2.24, 2.45) is 0 Å². The van der Waals surface area contributed by atoms with Gasteiger partial charge in [-0.3, -0.25) is 4.79 Å². The number of para-hydroxylation sites is 2. The summed E-state index contributed by atoms with van der Waals surface area (Å²) in [6.07, 6.45) is 2.11. The van der Waals surface area contributed by atoms with Crippen LogP contribution in [0.15, 0.2) is 24.3 Å². The van der Waals surface area contributed by atoms with Crippen molar-refractivity contribution in [1.29, 1.82) is 0 Å². The van der Waals surface area contributed by atoms with Crippen molar-refractivity contribution in [1.82, 2.24) is 5.32 Å². The summed E-state index contributed by atoms with van der Waals surface area (Å²) in [5.74, 6) is 0.680. The van der Waals surface area contributed by atoms with Gasteiger partial charge < -0.3 is 15.4 Å². The third kappa shape index (κ3) is 5.19. The normalized spacial score (nSPS) is 10.1. The van der Waals surface area contributed by atoms with E-state index in [1.165, 1.54) is 0 Å². The van der Waals surface area contributed by atoms with Gasteiger partial charge in [0, 0.05) is 0 Å².